The van der Waals surface area contributed by atoms with Gasteiger partial charge in [0.25, 0.3) is 0 Å². The molecule has 1 aromatic heterocycles. The molecule has 0 amide bonds. The van der Waals surface area contributed by atoms with Gasteiger partial charge in [-0.2, -0.15) is 0 Å². The zero-order valence-corrected chi connectivity index (χ0v) is 12.0. The van der Waals surface area contributed by atoms with Gasteiger partial charge in [0.05, 0.1) is 10.2 Å². The summed E-state index contributed by atoms with van der Waals surface area (Å²) in [6.45, 7) is 1.58. The number of anilines is 2. The van der Waals surface area contributed by atoms with Gasteiger partial charge in [-0.3, -0.25) is 0 Å². The van der Waals surface area contributed by atoms with Crippen LogP contribution < -0.4 is 10.6 Å². The van der Waals surface area contributed by atoms with Crippen molar-refractivity contribution in [2.75, 3.05) is 18.0 Å². The molecule has 0 atom stereocenters. The SMILES string of the molecule is NCCCN(c1ccccc1)c1nc2ccccc2s1. The summed E-state index contributed by atoms with van der Waals surface area (Å²) in [5.74, 6) is 0. The maximum absolute atomic E-state index is 5.66. The number of nitrogens with zero attached hydrogens (tertiary/aromatic N) is 2. The van der Waals surface area contributed by atoms with Crippen molar-refractivity contribution < 1.29 is 0 Å². The predicted octanol–water partition coefficient (Wildman–Crippen LogP) is 3.78. The molecule has 3 rings (SSSR count). The Bertz CT molecular complexity index is 645. The van der Waals surface area contributed by atoms with Crippen LogP contribution in [-0.2, 0) is 0 Å². The van der Waals surface area contributed by atoms with E-state index in [2.05, 4.69) is 47.4 Å². The number of hydrogen-bond acceptors (Lipinski definition) is 4. The number of benzene rings is 2. The van der Waals surface area contributed by atoms with Crippen LogP contribution in [-0.4, -0.2) is 18.1 Å². The molecule has 0 unspecified atom stereocenters. The molecule has 0 fully saturated rings. The molecule has 0 aliphatic heterocycles. The Morgan fingerprint density at radius 1 is 1.00 bits per heavy atom. The van der Waals surface area contributed by atoms with Crippen LogP contribution in [0.3, 0.4) is 0 Å². The second kappa shape index (κ2) is 6.03. The summed E-state index contributed by atoms with van der Waals surface area (Å²) in [7, 11) is 0. The van der Waals surface area contributed by atoms with Crippen LogP contribution in [0.2, 0.25) is 0 Å². The van der Waals surface area contributed by atoms with Crippen molar-refractivity contribution >= 4 is 32.4 Å². The van der Waals surface area contributed by atoms with E-state index in [-0.39, 0.29) is 0 Å². The molecule has 0 saturated heterocycles. The fraction of sp³-hybridized carbons (Fsp3) is 0.188. The molecule has 2 aromatic carbocycles. The standard InChI is InChI=1S/C16H17N3S/c17-11-6-12-19(13-7-2-1-3-8-13)16-18-14-9-4-5-10-15(14)20-16/h1-5,7-10H,6,11-12,17H2. The summed E-state index contributed by atoms with van der Waals surface area (Å²) in [5.41, 5.74) is 7.89. The van der Waals surface area contributed by atoms with Crippen LogP contribution in [0.1, 0.15) is 6.42 Å². The number of thiazole rings is 1. The zero-order valence-electron chi connectivity index (χ0n) is 11.2. The lowest BCUT2D eigenvalue weighted by Gasteiger charge is -2.21. The highest BCUT2D eigenvalue weighted by Gasteiger charge is 2.13. The molecule has 1 heterocycles. The van der Waals surface area contributed by atoms with Gasteiger partial charge in [0, 0.05) is 12.2 Å². The average molecular weight is 283 g/mol. The summed E-state index contributed by atoms with van der Waals surface area (Å²) in [5, 5.41) is 1.03. The number of aromatic nitrogens is 1. The first-order valence-corrected chi connectivity index (χ1v) is 7.58. The maximum Gasteiger partial charge on any atom is 0.190 e. The van der Waals surface area contributed by atoms with E-state index in [1.807, 2.05) is 12.1 Å². The molecule has 102 valence electrons. The molecular formula is C16H17N3S. The second-order valence-electron chi connectivity index (χ2n) is 4.59. The van der Waals surface area contributed by atoms with Crippen LogP contribution in [0.15, 0.2) is 54.6 Å². The molecule has 0 radical (unpaired) electrons. The summed E-state index contributed by atoms with van der Waals surface area (Å²) >= 11 is 1.72. The molecule has 3 aromatic rings. The van der Waals surface area contributed by atoms with Crippen molar-refractivity contribution in [1.29, 1.82) is 0 Å². The third kappa shape index (κ3) is 2.66. The fourth-order valence-electron chi connectivity index (χ4n) is 2.17. The topological polar surface area (TPSA) is 42.1 Å². The molecular weight excluding hydrogens is 266 g/mol. The highest BCUT2D eigenvalue weighted by atomic mass is 32.1. The monoisotopic (exact) mass is 283 g/mol. The maximum atomic E-state index is 5.66. The zero-order chi connectivity index (χ0) is 13.8. The Morgan fingerprint density at radius 2 is 1.75 bits per heavy atom. The Morgan fingerprint density at radius 3 is 2.50 bits per heavy atom. The molecule has 20 heavy (non-hydrogen) atoms. The van der Waals surface area contributed by atoms with Crippen molar-refractivity contribution in [2.24, 2.45) is 5.73 Å². The lowest BCUT2D eigenvalue weighted by molar-refractivity contribution is 0.816. The van der Waals surface area contributed by atoms with E-state index in [0.29, 0.717) is 6.54 Å². The Labute approximate surface area is 122 Å². The molecule has 0 aliphatic carbocycles. The smallest absolute Gasteiger partial charge is 0.190 e. The van der Waals surface area contributed by atoms with Crippen LogP contribution in [0.5, 0.6) is 0 Å². The van der Waals surface area contributed by atoms with Crippen molar-refractivity contribution in [1.82, 2.24) is 4.98 Å². The van der Waals surface area contributed by atoms with Crippen LogP contribution in [0, 0.1) is 0 Å². The van der Waals surface area contributed by atoms with E-state index in [0.717, 1.165) is 23.6 Å². The third-order valence-electron chi connectivity index (χ3n) is 3.17. The minimum Gasteiger partial charge on any atom is -0.330 e. The van der Waals surface area contributed by atoms with Gasteiger partial charge in [-0.15, -0.1) is 0 Å². The number of nitrogens with two attached hydrogens (primary N) is 1. The van der Waals surface area contributed by atoms with E-state index in [4.69, 9.17) is 10.7 Å². The number of hydrogen-bond donors (Lipinski definition) is 1. The van der Waals surface area contributed by atoms with Crippen LogP contribution >= 0.6 is 11.3 Å². The third-order valence-corrected chi connectivity index (χ3v) is 4.23. The summed E-state index contributed by atoms with van der Waals surface area (Å²) < 4.78 is 1.22. The second-order valence-corrected chi connectivity index (χ2v) is 5.60. The van der Waals surface area contributed by atoms with Crippen molar-refractivity contribution in [3.63, 3.8) is 0 Å². The first kappa shape index (κ1) is 13.1. The fourth-order valence-corrected chi connectivity index (χ4v) is 3.18. The quantitative estimate of drug-likeness (QED) is 0.774. The summed E-state index contributed by atoms with van der Waals surface area (Å²) in [6, 6.07) is 18.6. The van der Waals surface area contributed by atoms with Crippen LogP contribution in [0.4, 0.5) is 10.8 Å². The predicted molar refractivity (Wildman–Crippen MR) is 86.7 cm³/mol. The van der Waals surface area contributed by atoms with E-state index in [1.165, 1.54) is 10.4 Å². The highest BCUT2D eigenvalue weighted by molar-refractivity contribution is 7.22. The lowest BCUT2D eigenvalue weighted by Crippen LogP contribution is -2.20. The minimum atomic E-state index is 0.689. The Hall–Kier alpha value is -1.91. The van der Waals surface area contributed by atoms with Gasteiger partial charge < -0.3 is 10.6 Å². The molecule has 0 spiro atoms. The molecule has 4 heteroatoms. The lowest BCUT2D eigenvalue weighted by atomic mass is 10.3. The minimum absolute atomic E-state index is 0.689. The van der Waals surface area contributed by atoms with Crippen molar-refractivity contribution in [3.8, 4) is 0 Å². The normalized spacial score (nSPS) is 10.8. The first-order valence-electron chi connectivity index (χ1n) is 6.77. The highest BCUT2D eigenvalue weighted by Crippen LogP contribution is 2.33. The van der Waals surface area contributed by atoms with Gasteiger partial charge in [0.15, 0.2) is 5.13 Å². The van der Waals surface area contributed by atoms with Crippen molar-refractivity contribution in [3.05, 3.63) is 54.6 Å². The van der Waals surface area contributed by atoms with Gasteiger partial charge in [-0.25, -0.2) is 4.98 Å². The number of para-hydroxylation sites is 2. The first-order chi connectivity index (χ1) is 9.88. The Balaban J connectivity index is 2.00. The molecule has 2 N–H and O–H groups in total. The molecule has 0 saturated carbocycles. The summed E-state index contributed by atoms with van der Waals surface area (Å²) in [4.78, 5) is 6.99. The van der Waals surface area contributed by atoms with Gasteiger partial charge in [0.2, 0.25) is 0 Å². The van der Waals surface area contributed by atoms with Crippen LogP contribution in [0.25, 0.3) is 10.2 Å². The van der Waals surface area contributed by atoms with E-state index in [9.17, 15) is 0 Å². The van der Waals surface area contributed by atoms with E-state index in [1.54, 1.807) is 11.3 Å². The largest absolute Gasteiger partial charge is 0.330 e. The number of fused-ring (bicyclic) bond motifs is 1. The van der Waals surface area contributed by atoms with E-state index >= 15 is 0 Å². The van der Waals surface area contributed by atoms with Gasteiger partial charge in [-0.1, -0.05) is 41.7 Å². The molecule has 3 nitrogen and oxygen atoms in total. The Kier molecular flexibility index (Phi) is 3.95. The van der Waals surface area contributed by atoms with Gasteiger partial charge in [0.1, 0.15) is 0 Å². The van der Waals surface area contributed by atoms with E-state index < -0.39 is 0 Å². The molecule has 0 bridgehead atoms. The molecule has 0 aliphatic rings. The summed E-state index contributed by atoms with van der Waals surface area (Å²) in [6.07, 6.45) is 0.949. The average Bonchev–Trinajstić information content (AvgIpc) is 2.92. The number of rotatable bonds is 5. The van der Waals surface area contributed by atoms with Gasteiger partial charge >= 0.3 is 0 Å². The van der Waals surface area contributed by atoms with Gasteiger partial charge in [-0.05, 0) is 37.2 Å². The van der Waals surface area contributed by atoms with Crippen molar-refractivity contribution in [2.45, 2.75) is 6.42 Å².